The molecule has 0 aliphatic rings. The number of ether oxygens (including phenoxy) is 2. The van der Waals surface area contributed by atoms with E-state index in [0.717, 1.165) is 16.3 Å². The molecule has 0 bridgehead atoms. The van der Waals surface area contributed by atoms with Crippen LogP contribution in [0.5, 0.6) is 11.5 Å². The summed E-state index contributed by atoms with van der Waals surface area (Å²) in [7, 11) is 0. The minimum absolute atomic E-state index is 0.0410. The summed E-state index contributed by atoms with van der Waals surface area (Å²) < 4.78 is 11.7. The Morgan fingerprint density at radius 2 is 1.39 bits per heavy atom. The maximum absolute atomic E-state index is 13.1. The van der Waals surface area contributed by atoms with Crippen molar-refractivity contribution in [1.82, 2.24) is 0 Å². The highest BCUT2D eigenvalue weighted by atomic mass is 16.5. The van der Waals surface area contributed by atoms with Crippen molar-refractivity contribution >= 4 is 16.7 Å². The van der Waals surface area contributed by atoms with Crippen molar-refractivity contribution in [2.75, 3.05) is 0 Å². The molecule has 0 spiro atoms. The minimum Gasteiger partial charge on any atom is -0.488 e. The molecule has 0 fully saturated rings. The number of benzene rings is 4. The Labute approximate surface area is 183 Å². The zero-order chi connectivity index (χ0) is 21.8. The van der Waals surface area contributed by atoms with Gasteiger partial charge in [-0.05, 0) is 51.6 Å². The number of fused-ring (bicyclic) bond motifs is 1. The average molecular weight is 411 g/mol. The number of carbonyl (C=O) groups excluding carboxylic acids is 1. The summed E-state index contributed by atoms with van der Waals surface area (Å²) in [5.41, 5.74) is 2.67. The summed E-state index contributed by atoms with van der Waals surface area (Å²) in [6.45, 7) is 6.83. The van der Waals surface area contributed by atoms with Crippen molar-refractivity contribution in [2.24, 2.45) is 0 Å². The molecule has 4 rings (SSSR count). The normalized spacial score (nSPS) is 11.3. The lowest BCUT2D eigenvalue weighted by Crippen LogP contribution is -2.13. The van der Waals surface area contributed by atoms with E-state index in [4.69, 9.17) is 9.47 Å². The fourth-order valence-electron chi connectivity index (χ4n) is 3.42. The highest BCUT2D eigenvalue weighted by molar-refractivity contribution is 5.99. The van der Waals surface area contributed by atoms with Crippen LogP contribution in [0.1, 0.15) is 42.3 Å². The SMILES string of the molecule is CC(C)(C)c1ccc(OC(=O)c2cc3ccccc3cc2OCc2ccccc2)cc1. The lowest BCUT2D eigenvalue weighted by molar-refractivity contribution is 0.0730. The van der Waals surface area contributed by atoms with Gasteiger partial charge < -0.3 is 9.47 Å². The van der Waals surface area contributed by atoms with E-state index in [-0.39, 0.29) is 5.41 Å². The standard InChI is InChI=1S/C28H26O3/c1-28(2,3)23-13-15-24(16-14-23)31-27(29)25-17-21-11-7-8-12-22(21)18-26(25)30-19-20-9-5-4-6-10-20/h4-18H,19H2,1-3H3. The van der Waals surface area contributed by atoms with Gasteiger partial charge in [0.25, 0.3) is 0 Å². The van der Waals surface area contributed by atoms with Gasteiger partial charge in [0.15, 0.2) is 0 Å². The summed E-state index contributed by atoms with van der Waals surface area (Å²) in [5, 5.41) is 1.97. The number of esters is 1. The van der Waals surface area contributed by atoms with E-state index in [0.29, 0.717) is 23.7 Å². The Morgan fingerprint density at radius 1 is 0.774 bits per heavy atom. The van der Waals surface area contributed by atoms with Gasteiger partial charge in [-0.25, -0.2) is 4.79 Å². The van der Waals surface area contributed by atoms with E-state index in [2.05, 4.69) is 20.8 Å². The van der Waals surface area contributed by atoms with Gasteiger partial charge in [-0.2, -0.15) is 0 Å². The van der Waals surface area contributed by atoms with Gasteiger partial charge >= 0.3 is 5.97 Å². The fourth-order valence-corrected chi connectivity index (χ4v) is 3.42. The number of rotatable bonds is 5. The van der Waals surface area contributed by atoms with E-state index >= 15 is 0 Å². The summed E-state index contributed by atoms with van der Waals surface area (Å²) in [6.07, 6.45) is 0. The number of carbonyl (C=O) groups is 1. The smallest absolute Gasteiger partial charge is 0.347 e. The van der Waals surface area contributed by atoms with Gasteiger partial charge in [0.2, 0.25) is 0 Å². The largest absolute Gasteiger partial charge is 0.488 e. The van der Waals surface area contributed by atoms with Crippen LogP contribution in [0, 0.1) is 0 Å². The Kier molecular flexibility index (Phi) is 5.77. The predicted molar refractivity (Wildman–Crippen MR) is 125 cm³/mol. The molecule has 0 N–H and O–H groups in total. The van der Waals surface area contributed by atoms with E-state index < -0.39 is 5.97 Å². The molecule has 0 aliphatic carbocycles. The molecule has 156 valence electrons. The topological polar surface area (TPSA) is 35.5 Å². The first-order chi connectivity index (χ1) is 14.9. The predicted octanol–water partition coefficient (Wildman–Crippen LogP) is 6.94. The zero-order valence-corrected chi connectivity index (χ0v) is 18.1. The first kappa shape index (κ1) is 20.7. The summed E-state index contributed by atoms with van der Waals surface area (Å²) in [5.74, 6) is 0.594. The molecule has 0 amide bonds. The number of hydrogen-bond donors (Lipinski definition) is 0. The van der Waals surface area contributed by atoms with Crippen molar-refractivity contribution in [3.63, 3.8) is 0 Å². The molecular weight excluding hydrogens is 384 g/mol. The van der Waals surface area contributed by atoms with Crippen LogP contribution in [-0.2, 0) is 12.0 Å². The maximum Gasteiger partial charge on any atom is 0.347 e. The molecule has 4 aromatic carbocycles. The third-order valence-corrected chi connectivity index (χ3v) is 5.24. The Hall–Kier alpha value is -3.59. The van der Waals surface area contributed by atoms with Gasteiger partial charge in [0.05, 0.1) is 0 Å². The quantitative estimate of drug-likeness (QED) is 0.264. The average Bonchev–Trinajstić information content (AvgIpc) is 2.77. The lowest BCUT2D eigenvalue weighted by Gasteiger charge is -2.19. The van der Waals surface area contributed by atoms with Crippen LogP contribution in [0.15, 0.2) is 91.0 Å². The van der Waals surface area contributed by atoms with Gasteiger partial charge in [-0.1, -0.05) is 87.5 Å². The third kappa shape index (κ3) is 4.95. The van der Waals surface area contributed by atoms with Crippen LogP contribution in [0.2, 0.25) is 0 Å². The van der Waals surface area contributed by atoms with Crippen molar-refractivity contribution in [2.45, 2.75) is 32.8 Å². The van der Waals surface area contributed by atoms with Gasteiger partial charge in [-0.3, -0.25) is 0 Å². The molecule has 3 nitrogen and oxygen atoms in total. The van der Waals surface area contributed by atoms with Crippen LogP contribution >= 0.6 is 0 Å². The van der Waals surface area contributed by atoms with Gasteiger partial charge in [0, 0.05) is 0 Å². The lowest BCUT2D eigenvalue weighted by atomic mass is 9.87. The van der Waals surface area contributed by atoms with E-state index in [1.807, 2.05) is 91.0 Å². The second-order valence-electron chi connectivity index (χ2n) is 8.63. The molecule has 0 atom stereocenters. The summed E-state index contributed by atoms with van der Waals surface area (Å²) in [6, 6.07) is 29.2. The van der Waals surface area contributed by atoms with E-state index in [1.165, 1.54) is 5.56 Å². The van der Waals surface area contributed by atoms with Crippen LogP contribution < -0.4 is 9.47 Å². The summed E-state index contributed by atoms with van der Waals surface area (Å²) in [4.78, 5) is 13.1. The number of hydrogen-bond acceptors (Lipinski definition) is 3. The molecule has 4 aromatic rings. The van der Waals surface area contributed by atoms with E-state index in [9.17, 15) is 4.79 Å². The van der Waals surface area contributed by atoms with Crippen molar-refractivity contribution in [1.29, 1.82) is 0 Å². The molecule has 0 aromatic heterocycles. The molecule has 0 heterocycles. The molecule has 0 radical (unpaired) electrons. The van der Waals surface area contributed by atoms with Crippen molar-refractivity contribution in [3.8, 4) is 11.5 Å². The van der Waals surface area contributed by atoms with Gasteiger partial charge in [-0.15, -0.1) is 0 Å². The van der Waals surface area contributed by atoms with Crippen LogP contribution in [-0.4, -0.2) is 5.97 Å². The van der Waals surface area contributed by atoms with Crippen molar-refractivity contribution in [3.05, 3.63) is 108 Å². The first-order valence-corrected chi connectivity index (χ1v) is 10.4. The van der Waals surface area contributed by atoms with Gasteiger partial charge in [0.1, 0.15) is 23.7 Å². The molecule has 0 aliphatic heterocycles. The molecular formula is C28H26O3. The molecule has 0 saturated heterocycles. The van der Waals surface area contributed by atoms with Crippen molar-refractivity contribution < 1.29 is 14.3 Å². The Morgan fingerprint density at radius 3 is 2.03 bits per heavy atom. The zero-order valence-electron chi connectivity index (χ0n) is 18.1. The molecule has 0 unspecified atom stereocenters. The van der Waals surface area contributed by atoms with Crippen LogP contribution in [0.3, 0.4) is 0 Å². The maximum atomic E-state index is 13.1. The minimum atomic E-state index is -0.433. The second kappa shape index (κ2) is 8.65. The fraction of sp³-hybridized carbons (Fsp3) is 0.179. The highest BCUT2D eigenvalue weighted by Crippen LogP contribution is 2.29. The van der Waals surface area contributed by atoms with E-state index in [1.54, 1.807) is 0 Å². The monoisotopic (exact) mass is 410 g/mol. The third-order valence-electron chi connectivity index (χ3n) is 5.24. The first-order valence-electron chi connectivity index (χ1n) is 10.4. The Bertz CT molecular complexity index is 1190. The second-order valence-corrected chi connectivity index (χ2v) is 8.63. The van der Waals surface area contributed by atoms with Crippen LogP contribution in [0.25, 0.3) is 10.8 Å². The highest BCUT2D eigenvalue weighted by Gasteiger charge is 2.18. The Balaban J connectivity index is 1.62. The molecule has 31 heavy (non-hydrogen) atoms. The van der Waals surface area contributed by atoms with Crippen LogP contribution in [0.4, 0.5) is 0 Å². The summed E-state index contributed by atoms with van der Waals surface area (Å²) >= 11 is 0. The molecule has 0 saturated carbocycles. The molecule has 3 heteroatoms.